The van der Waals surface area contributed by atoms with Crippen LogP contribution in [0.25, 0.3) is 0 Å². The second-order valence-corrected chi connectivity index (χ2v) is 5.80. The molecule has 2 N–H and O–H groups in total. The van der Waals surface area contributed by atoms with E-state index in [0.717, 1.165) is 23.7 Å². The Morgan fingerprint density at radius 1 is 1.29 bits per heavy atom. The van der Waals surface area contributed by atoms with Crippen LogP contribution in [0.4, 0.5) is 4.39 Å². The molecule has 17 heavy (non-hydrogen) atoms. The van der Waals surface area contributed by atoms with Gasteiger partial charge in [0.05, 0.1) is 6.61 Å². The van der Waals surface area contributed by atoms with Crippen molar-refractivity contribution in [3.05, 3.63) is 30.1 Å². The first-order valence-electron chi connectivity index (χ1n) is 5.72. The van der Waals surface area contributed by atoms with Gasteiger partial charge in [0.15, 0.2) is 0 Å². The average molecular weight is 257 g/mol. The number of hydrogen-bond donors (Lipinski definition) is 1. The van der Waals surface area contributed by atoms with Gasteiger partial charge in [0, 0.05) is 11.3 Å². The third-order valence-corrected chi connectivity index (χ3v) is 3.51. The molecule has 0 fully saturated rings. The molecule has 0 aliphatic heterocycles. The highest BCUT2D eigenvalue weighted by atomic mass is 32.2. The first-order valence-corrected chi connectivity index (χ1v) is 6.88. The van der Waals surface area contributed by atoms with Crippen molar-refractivity contribution in [2.24, 2.45) is 5.73 Å². The van der Waals surface area contributed by atoms with E-state index >= 15 is 0 Å². The maximum atomic E-state index is 12.6. The van der Waals surface area contributed by atoms with E-state index in [1.807, 2.05) is 25.6 Å². The van der Waals surface area contributed by atoms with Crippen molar-refractivity contribution >= 4 is 11.8 Å². The minimum Gasteiger partial charge on any atom is -0.494 e. The third kappa shape index (κ3) is 7.23. The van der Waals surface area contributed by atoms with Crippen LogP contribution in [0.1, 0.15) is 20.3 Å². The van der Waals surface area contributed by atoms with Crippen LogP contribution in [0, 0.1) is 5.82 Å². The Balaban J connectivity index is 2.07. The first kappa shape index (κ1) is 14.3. The number of nitrogens with two attached hydrogens (primary N) is 1. The van der Waals surface area contributed by atoms with Crippen LogP contribution < -0.4 is 10.5 Å². The van der Waals surface area contributed by atoms with Crippen LogP contribution >= 0.6 is 11.8 Å². The summed E-state index contributed by atoms with van der Waals surface area (Å²) in [7, 11) is 0. The number of thioether (sulfide) groups is 1. The highest BCUT2D eigenvalue weighted by molar-refractivity contribution is 7.99. The van der Waals surface area contributed by atoms with Crippen molar-refractivity contribution < 1.29 is 9.13 Å². The zero-order chi connectivity index (χ0) is 12.7. The minimum atomic E-state index is -0.238. The van der Waals surface area contributed by atoms with E-state index in [2.05, 4.69) is 0 Å². The quantitative estimate of drug-likeness (QED) is 0.762. The second-order valence-electron chi connectivity index (χ2n) is 4.70. The lowest BCUT2D eigenvalue weighted by Crippen LogP contribution is -2.34. The largest absolute Gasteiger partial charge is 0.494 e. The smallest absolute Gasteiger partial charge is 0.123 e. The number of halogens is 1. The zero-order valence-corrected chi connectivity index (χ0v) is 11.2. The van der Waals surface area contributed by atoms with Gasteiger partial charge < -0.3 is 10.5 Å². The molecule has 0 radical (unpaired) electrons. The zero-order valence-electron chi connectivity index (χ0n) is 10.4. The Kier molecular flexibility index (Phi) is 5.78. The Bertz CT molecular complexity index is 321. The molecular formula is C13H20FNOS. The van der Waals surface area contributed by atoms with Crippen molar-refractivity contribution in [2.45, 2.75) is 25.8 Å². The molecule has 0 spiro atoms. The van der Waals surface area contributed by atoms with Crippen LogP contribution in [0.5, 0.6) is 5.75 Å². The highest BCUT2D eigenvalue weighted by Gasteiger charge is 2.09. The molecule has 0 atom stereocenters. The minimum absolute atomic E-state index is 0.109. The lowest BCUT2D eigenvalue weighted by atomic mass is 10.1. The molecule has 0 heterocycles. The predicted molar refractivity (Wildman–Crippen MR) is 72.1 cm³/mol. The molecule has 0 aromatic heterocycles. The molecule has 4 heteroatoms. The van der Waals surface area contributed by atoms with Crippen LogP contribution in [0.15, 0.2) is 24.3 Å². The number of rotatable bonds is 7. The molecule has 96 valence electrons. The summed E-state index contributed by atoms with van der Waals surface area (Å²) in [6.45, 7) is 4.70. The van der Waals surface area contributed by atoms with E-state index in [9.17, 15) is 4.39 Å². The van der Waals surface area contributed by atoms with Gasteiger partial charge in [0.25, 0.3) is 0 Å². The lowest BCUT2D eigenvalue weighted by Gasteiger charge is -2.17. The van der Waals surface area contributed by atoms with Gasteiger partial charge in [-0.25, -0.2) is 4.39 Å². The molecule has 1 aromatic carbocycles. The van der Waals surface area contributed by atoms with Crippen LogP contribution in [-0.2, 0) is 0 Å². The van der Waals surface area contributed by atoms with Gasteiger partial charge in [-0.3, -0.25) is 0 Å². The summed E-state index contributed by atoms with van der Waals surface area (Å²) in [6, 6.07) is 6.10. The predicted octanol–water partition coefficient (Wildman–Crippen LogP) is 3.07. The fraction of sp³-hybridized carbons (Fsp3) is 0.538. The molecule has 1 aromatic rings. The summed E-state index contributed by atoms with van der Waals surface area (Å²) in [5.41, 5.74) is 5.76. The van der Waals surface area contributed by atoms with Gasteiger partial charge in [0.1, 0.15) is 11.6 Å². The van der Waals surface area contributed by atoms with E-state index in [0.29, 0.717) is 6.61 Å². The molecule has 0 aliphatic carbocycles. The van der Waals surface area contributed by atoms with Crippen molar-refractivity contribution in [2.75, 3.05) is 18.1 Å². The molecule has 0 unspecified atom stereocenters. The van der Waals surface area contributed by atoms with Crippen molar-refractivity contribution in [1.29, 1.82) is 0 Å². The Labute approximate surface area is 107 Å². The topological polar surface area (TPSA) is 35.2 Å². The Morgan fingerprint density at radius 3 is 2.53 bits per heavy atom. The van der Waals surface area contributed by atoms with E-state index in [1.165, 1.54) is 12.1 Å². The fourth-order valence-electron chi connectivity index (χ4n) is 1.22. The number of benzene rings is 1. The molecule has 0 amide bonds. The summed E-state index contributed by atoms with van der Waals surface area (Å²) < 4.78 is 18.1. The highest BCUT2D eigenvalue weighted by Crippen LogP contribution is 2.13. The van der Waals surface area contributed by atoms with E-state index in [-0.39, 0.29) is 11.4 Å². The number of hydrogen-bond acceptors (Lipinski definition) is 3. The van der Waals surface area contributed by atoms with Crippen LogP contribution in [0.3, 0.4) is 0 Å². The molecular weight excluding hydrogens is 237 g/mol. The Hall–Kier alpha value is -0.740. The van der Waals surface area contributed by atoms with Gasteiger partial charge in [-0.15, -0.1) is 0 Å². The van der Waals surface area contributed by atoms with Gasteiger partial charge >= 0.3 is 0 Å². The average Bonchev–Trinajstić information content (AvgIpc) is 2.24. The van der Waals surface area contributed by atoms with Gasteiger partial charge in [-0.05, 0) is 50.3 Å². The lowest BCUT2D eigenvalue weighted by molar-refractivity contribution is 0.318. The third-order valence-electron chi connectivity index (χ3n) is 1.99. The monoisotopic (exact) mass is 257 g/mol. The molecule has 1 rings (SSSR count). The first-order chi connectivity index (χ1) is 7.97. The molecule has 0 aliphatic rings. The molecule has 0 saturated carbocycles. The van der Waals surface area contributed by atoms with E-state index in [1.54, 1.807) is 12.1 Å². The van der Waals surface area contributed by atoms with Gasteiger partial charge in [-0.1, -0.05) is 0 Å². The summed E-state index contributed by atoms with van der Waals surface area (Å²) in [6.07, 6.45) is 0.970. The van der Waals surface area contributed by atoms with Gasteiger partial charge in [-0.2, -0.15) is 11.8 Å². The van der Waals surface area contributed by atoms with E-state index in [4.69, 9.17) is 10.5 Å². The SMILES string of the molecule is CC(C)(N)CSCCCOc1ccc(F)cc1. The molecule has 0 saturated heterocycles. The summed E-state index contributed by atoms with van der Waals surface area (Å²) >= 11 is 1.83. The maximum absolute atomic E-state index is 12.6. The van der Waals surface area contributed by atoms with Crippen molar-refractivity contribution in [1.82, 2.24) is 0 Å². The van der Waals surface area contributed by atoms with Gasteiger partial charge in [0.2, 0.25) is 0 Å². The number of ether oxygens (including phenoxy) is 1. The molecule has 2 nitrogen and oxygen atoms in total. The van der Waals surface area contributed by atoms with Crippen LogP contribution in [-0.4, -0.2) is 23.7 Å². The Morgan fingerprint density at radius 2 is 1.94 bits per heavy atom. The fourth-order valence-corrected chi connectivity index (χ4v) is 2.21. The van der Waals surface area contributed by atoms with Crippen molar-refractivity contribution in [3.8, 4) is 5.75 Å². The van der Waals surface area contributed by atoms with Crippen LogP contribution in [0.2, 0.25) is 0 Å². The summed E-state index contributed by atoms with van der Waals surface area (Å²) in [5.74, 6) is 2.46. The molecule has 0 bridgehead atoms. The van der Waals surface area contributed by atoms with E-state index < -0.39 is 0 Å². The maximum Gasteiger partial charge on any atom is 0.123 e. The normalized spacial score (nSPS) is 11.5. The van der Waals surface area contributed by atoms with Crippen molar-refractivity contribution in [3.63, 3.8) is 0 Å². The summed E-state index contributed by atoms with van der Waals surface area (Å²) in [5, 5.41) is 0. The standard InChI is InChI=1S/C13H20FNOS/c1-13(2,15)10-17-9-3-8-16-12-6-4-11(14)5-7-12/h4-7H,3,8-10,15H2,1-2H3. The summed E-state index contributed by atoms with van der Waals surface area (Å²) in [4.78, 5) is 0. The second kappa shape index (κ2) is 6.87.